The van der Waals surface area contributed by atoms with Crippen molar-refractivity contribution in [3.63, 3.8) is 0 Å². The van der Waals surface area contributed by atoms with Crippen LogP contribution in [-0.2, 0) is 17.1 Å². The van der Waals surface area contributed by atoms with E-state index in [2.05, 4.69) is 10.3 Å². The van der Waals surface area contributed by atoms with E-state index in [9.17, 15) is 4.79 Å². The van der Waals surface area contributed by atoms with Gasteiger partial charge in [0.05, 0.1) is 18.0 Å². The fraction of sp³-hybridized carbons (Fsp3) is 0.714. The molecule has 1 aliphatic rings. The quantitative estimate of drug-likeness (QED) is 0.862. The summed E-state index contributed by atoms with van der Waals surface area (Å²) in [5.41, 5.74) is 0.862. The molecule has 3 nitrogen and oxygen atoms in total. The van der Waals surface area contributed by atoms with Gasteiger partial charge in [-0.2, -0.15) is 0 Å². The number of aromatic nitrogens is 1. The summed E-state index contributed by atoms with van der Waals surface area (Å²) in [6.07, 6.45) is 9.05. The van der Waals surface area contributed by atoms with Gasteiger partial charge in [-0.25, -0.2) is 4.98 Å². The fourth-order valence-corrected chi connectivity index (χ4v) is 3.53. The molecule has 5 heteroatoms. The number of carbonyl (C=O) groups is 1. The van der Waals surface area contributed by atoms with Gasteiger partial charge in [0.15, 0.2) is 0 Å². The minimum atomic E-state index is 0.0982. The molecule has 1 heterocycles. The molecule has 0 radical (unpaired) electrons. The average Bonchev–Trinajstić information content (AvgIpc) is 2.80. The highest BCUT2D eigenvalue weighted by molar-refractivity contribution is 7.09. The number of alkyl halides is 1. The summed E-state index contributed by atoms with van der Waals surface area (Å²) in [6.45, 7) is 0. The third kappa shape index (κ3) is 5.11. The summed E-state index contributed by atoms with van der Waals surface area (Å²) in [7, 11) is 0. The molecule has 0 unspecified atom stereocenters. The van der Waals surface area contributed by atoms with Gasteiger partial charge in [-0.05, 0) is 12.8 Å². The number of nitrogens with one attached hydrogen (secondary N) is 1. The van der Waals surface area contributed by atoms with Crippen LogP contribution in [0, 0.1) is 0 Å². The highest BCUT2D eigenvalue weighted by Gasteiger charge is 2.15. The van der Waals surface area contributed by atoms with Crippen LogP contribution in [0.4, 0.5) is 0 Å². The maximum Gasteiger partial charge on any atom is 0.227 e. The van der Waals surface area contributed by atoms with Gasteiger partial charge in [-0.15, -0.1) is 22.9 Å². The van der Waals surface area contributed by atoms with Crippen molar-refractivity contribution in [3.8, 4) is 0 Å². The minimum absolute atomic E-state index is 0.0982. The highest BCUT2D eigenvalue weighted by atomic mass is 35.5. The number of halogens is 1. The molecule has 1 aromatic heterocycles. The lowest BCUT2D eigenvalue weighted by Gasteiger charge is -2.20. The average molecular weight is 301 g/mol. The molecule has 2 rings (SSSR count). The van der Waals surface area contributed by atoms with Crippen LogP contribution in [0.2, 0.25) is 0 Å². The van der Waals surface area contributed by atoms with Crippen molar-refractivity contribution in [1.82, 2.24) is 10.3 Å². The zero-order valence-electron chi connectivity index (χ0n) is 11.2. The zero-order valence-corrected chi connectivity index (χ0v) is 12.7. The fourth-order valence-electron chi connectivity index (χ4n) is 2.51. The number of hydrogen-bond donors (Lipinski definition) is 1. The molecule has 106 valence electrons. The number of hydrogen-bond acceptors (Lipinski definition) is 3. The molecule has 0 bridgehead atoms. The molecule has 1 aliphatic carbocycles. The lowest BCUT2D eigenvalue weighted by Crippen LogP contribution is -2.36. The van der Waals surface area contributed by atoms with E-state index in [0.717, 1.165) is 23.5 Å². The number of rotatable bonds is 4. The van der Waals surface area contributed by atoms with E-state index in [-0.39, 0.29) is 5.91 Å². The van der Waals surface area contributed by atoms with Crippen LogP contribution in [0.25, 0.3) is 0 Å². The van der Waals surface area contributed by atoms with E-state index in [1.807, 2.05) is 5.38 Å². The predicted molar refractivity (Wildman–Crippen MR) is 79.6 cm³/mol. The third-order valence-corrected chi connectivity index (χ3v) is 4.69. The van der Waals surface area contributed by atoms with E-state index in [4.69, 9.17) is 11.6 Å². The Morgan fingerprint density at radius 1 is 1.32 bits per heavy atom. The van der Waals surface area contributed by atoms with E-state index >= 15 is 0 Å². The highest BCUT2D eigenvalue weighted by Crippen LogP contribution is 2.17. The monoisotopic (exact) mass is 300 g/mol. The Morgan fingerprint density at radius 3 is 2.63 bits per heavy atom. The van der Waals surface area contributed by atoms with E-state index < -0.39 is 0 Å². The lowest BCUT2D eigenvalue weighted by atomic mass is 9.96. The van der Waals surface area contributed by atoms with Crippen molar-refractivity contribution in [1.29, 1.82) is 0 Å². The second kappa shape index (κ2) is 7.85. The molecule has 1 amide bonds. The van der Waals surface area contributed by atoms with Crippen molar-refractivity contribution in [2.45, 2.75) is 63.3 Å². The van der Waals surface area contributed by atoms with E-state index in [0.29, 0.717) is 18.3 Å². The molecule has 0 aromatic carbocycles. The van der Waals surface area contributed by atoms with Crippen LogP contribution < -0.4 is 5.32 Å². The molecule has 0 aliphatic heterocycles. The first-order valence-corrected chi connectivity index (χ1v) is 8.48. The second-order valence-corrected chi connectivity index (χ2v) is 6.36. The third-order valence-electron chi connectivity index (χ3n) is 3.52. The van der Waals surface area contributed by atoms with Crippen molar-refractivity contribution in [2.75, 3.05) is 0 Å². The van der Waals surface area contributed by atoms with Crippen LogP contribution in [0.15, 0.2) is 5.38 Å². The van der Waals surface area contributed by atoms with Gasteiger partial charge in [0, 0.05) is 11.4 Å². The normalized spacial score (nSPS) is 17.7. The number of thiazole rings is 1. The van der Waals surface area contributed by atoms with Gasteiger partial charge in [-0.3, -0.25) is 4.79 Å². The Bertz CT molecular complexity index is 400. The SMILES string of the molecule is O=C(Cc1nc(CCl)cs1)NC1CCCCCCC1. The van der Waals surface area contributed by atoms with Crippen LogP contribution >= 0.6 is 22.9 Å². The van der Waals surface area contributed by atoms with Crippen LogP contribution in [0.1, 0.15) is 55.6 Å². The second-order valence-electron chi connectivity index (χ2n) is 5.15. The first-order chi connectivity index (χ1) is 9.28. The predicted octanol–water partition coefficient (Wildman–Crippen LogP) is 3.65. The van der Waals surface area contributed by atoms with Crippen molar-refractivity contribution >= 4 is 28.8 Å². The Morgan fingerprint density at radius 2 is 2.00 bits per heavy atom. The van der Waals surface area contributed by atoms with Crippen molar-refractivity contribution in [2.24, 2.45) is 0 Å². The Labute approximate surface area is 123 Å². The molecule has 1 N–H and O–H groups in total. The van der Waals surface area contributed by atoms with Crippen molar-refractivity contribution < 1.29 is 4.79 Å². The first-order valence-electron chi connectivity index (χ1n) is 7.06. The summed E-state index contributed by atoms with van der Waals surface area (Å²) in [4.78, 5) is 16.3. The van der Waals surface area contributed by atoms with Gasteiger partial charge in [0.2, 0.25) is 5.91 Å². The van der Waals surface area contributed by atoms with Crippen LogP contribution in [0.3, 0.4) is 0 Å². The van der Waals surface area contributed by atoms with Gasteiger partial charge in [0.1, 0.15) is 5.01 Å². The standard InChI is InChI=1S/C14H21ClN2OS/c15-9-12-10-19-14(17-12)8-13(18)16-11-6-4-2-1-3-5-7-11/h10-11H,1-9H2,(H,16,18). The van der Waals surface area contributed by atoms with E-state index in [1.54, 1.807) is 0 Å². The molecule has 1 fully saturated rings. The largest absolute Gasteiger partial charge is 0.353 e. The number of amides is 1. The Balaban J connectivity index is 1.79. The first kappa shape index (κ1) is 14.8. The summed E-state index contributed by atoms with van der Waals surface area (Å²) < 4.78 is 0. The summed E-state index contributed by atoms with van der Waals surface area (Å²) in [5.74, 6) is 0.516. The molecule has 1 aromatic rings. The molecule has 19 heavy (non-hydrogen) atoms. The summed E-state index contributed by atoms with van der Waals surface area (Å²) in [5, 5.41) is 5.94. The van der Waals surface area contributed by atoms with E-state index in [1.165, 1.54) is 43.4 Å². The molecule has 1 saturated carbocycles. The molecular formula is C14H21ClN2OS. The van der Waals surface area contributed by atoms with Crippen molar-refractivity contribution in [3.05, 3.63) is 16.1 Å². The molecule has 0 saturated heterocycles. The molecule has 0 spiro atoms. The smallest absolute Gasteiger partial charge is 0.227 e. The van der Waals surface area contributed by atoms with Gasteiger partial charge in [0.25, 0.3) is 0 Å². The van der Waals surface area contributed by atoms with Gasteiger partial charge in [-0.1, -0.05) is 32.1 Å². The maximum absolute atomic E-state index is 12.0. The van der Waals surface area contributed by atoms with Gasteiger partial charge < -0.3 is 5.32 Å². The Hall–Kier alpha value is -0.610. The van der Waals surface area contributed by atoms with Crippen LogP contribution in [0.5, 0.6) is 0 Å². The van der Waals surface area contributed by atoms with Crippen LogP contribution in [-0.4, -0.2) is 16.9 Å². The number of nitrogens with zero attached hydrogens (tertiary/aromatic N) is 1. The molecule has 0 atom stereocenters. The zero-order chi connectivity index (χ0) is 13.5. The summed E-state index contributed by atoms with van der Waals surface area (Å²) in [6, 6.07) is 0.361. The lowest BCUT2D eigenvalue weighted by molar-refractivity contribution is -0.121. The molecular weight excluding hydrogens is 280 g/mol. The van der Waals surface area contributed by atoms with Gasteiger partial charge >= 0.3 is 0 Å². The Kier molecular flexibility index (Phi) is 6.11. The summed E-state index contributed by atoms with van der Waals surface area (Å²) >= 11 is 7.23. The minimum Gasteiger partial charge on any atom is -0.353 e. The topological polar surface area (TPSA) is 42.0 Å². The maximum atomic E-state index is 12.0. The number of carbonyl (C=O) groups excluding carboxylic acids is 1.